The SMILES string of the molecule is CCNC(=NCC1CCN(C)C1)NC1CCN(CC(F)(F)F)C1.I. The average Bonchev–Trinajstić information content (AvgIpc) is 3.04. The van der Waals surface area contributed by atoms with E-state index in [2.05, 4.69) is 27.6 Å². The molecule has 2 aliphatic heterocycles. The van der Waals surface area contributed by atoms with Crippen LogP contribution in [-0.4, -0.2) is 80.8 Å². The minimum absolute atomic E-state index is 0. The lowest BCUT2D eigenvalue weighted by Gasteiger charge is -2.20. The number of hydrogen-bond donors (Lipinski definition) is 2. The molecular weight excluding hydrogens is 434 g/mol. The highest BCUT2D eigenvalue weighted by molar-refractivity contribution is 14.0. The quantitative estimate of drug-likeness (QED) is 0.371. The van der Waals surface area contributed by atoms with Gasteiger partial charge in [-0.1, -0.05) is 0 Å². The summed E-state index contributed by atoms with van der Waals surface area (Å²) < 4.78 is 37.3. The Morgan fingerprint density at radius 3 is 2.54 bits per heavy atom. The first-order chi connectivity index (χ1) is 10.9. The maximum Gasteiger partial charge on any atom is 0.401 e. The zero-order valence-corrected chi connectivity index (χ0v) is 16.7. The summed E-state index contributed by atoms with van der Waals surface area (Å²) in [5.74, 6) is 1.29. The van der Waals surface area contributed by atoms with Gasteiger partial charge in [0.1, 0.15) is 0 Å². The molecule has 2 rings (SSSR count). The van der Waals surface area contributed by atoms with E-state index < -0.39 is 12.7 Å². The monoisotopic (exact) mass is 463 g/mol. The van der Waals surface area contributed by atoms with Crippen molar-refractivity contribution in [1.29, 1.82) is 0 Å². The van der Waals surface area contributed by atoms with E-state index >= 15 is 0 Å². The zero-order chi connectivity index (χ0) is 16.9. The van der Waals surface area contributed by atoms with Crippen LogP contribution in [0.4, 0.5) is 13.2 Å². The molecule has 0 aromatic rings. The van der Waals surface area contributed by atoms with Crippen molar-refractivity contribution in [3.63, 3.8) is 0 Å². The molecule has 2 unspecified atom stereocenters. The van der Waals surface area contributed by atoms with Gasteiger partial charge < -0.3 is 15.5 Å². The summed E-state index contributed by atoms with van der Waals surface area (Å²) in [5.41, 5.74) is 0. The fourth-order valence-electron chi connectivity index (χ4n) is 3.26. The highest BCUT2D eigenvalue weighted by Crippen LogP contribution is 2.20. The van der Waals surface area contributed by atoms with Crippen LogP contribution < -0.4 is 10.6 Å². The molecular formula is C15H29F3IN5. The first kappa shape index (κ1) is 21.8. The van der Waals surface area contributed by atoms with Crippen LogP contribution in [0.15, 0.2) is 4.99 Å². The lowest BCUT2D eigenvalue weighted by atomic mass is 10.1. The van der Waals surface area contributed by atoms with Crippen LogP contribution in [0.1, 0.15) is 19.8 Å². The van der Waals surface area contributed by atoms with Gasteiger partial charge in [0, 0.05) is 38.8 Å². The third-order valence-corrected chi connectivity index (χ3v) is 4.36. The van der Waals surface area contributed by atoms with Crippen LogP contribution >= 0.6 is 24.0 Å². The Kier molecular flexibility index (Phi) is 9.07. The minimum Gasteiger partial charge on any atom is -0.357 e. The molecule has 24 heavy (non-hydrogen) atoms. The fourth-order valence-corrected chi connectivity index (χ4v) is 3.26. The molecule has 0 aromatic heterocycles. The number of nitrogens with one attached hydrogen (secondary N) is 2. The summed E-state index contributed by atoms with van der Waals surface area (Å²) in [6.07, 6.45) is -2.25. The first-order valence-corrected chi connectivity index (χ1v) is 8.38. The number of hydrogen-bond acceptors (Lipinski definition) is 3. The van der Waals surface area contributed by atoms with Gasteiger partial charge in [0.25, 0.3) is 0 Å². The average molecular weight is 463 g/mol. The smallest absolute Gasteiger partial charge is 0.357 e. The number of likely N-dealkylation sites (tertiary alicyclic amines) is 2. The van der Waals surface area contributed by atoms with Crippen LogP contribution in [0.3, 0.4) is 0 Å². The number of guanidine groups is 1. The second-order valence-corrected chi connectivity index (χ2v) is 6.62. The van der Waals surface area contributed by atoms with Crippen molar-refractivity contribution < 1.29 is 13.2 Å². The number of alkyl halides is 3. The van der Waals surface area contributed by atoms with Gasteiger partial charge in [-0.05, 0) is 39.3 Å². The number of aliphatic imine (C=N–C) groups is 1. The maximum atomic E-state index is 12.4. The molecule has 0 bridgehead atoms. The Bertz CT molecular complexity index is 405. The van der Waals surface area contributed by atoms with Gasteiger partial charge in [0.05, 0.1) is 6.54 Å². The summed E-state index contributed by atoms with van der Waals surface area (Å²) in [6, 6.07) is 0.0291. The molecule has 2 N–H and O–H groups in total. The second kappa shape index (κ2) is 10.0. The van der Waals surface area contributed by atoms with Gasteiger partial charge in [-0.2, -0.15) is 13.2 Å². The van der Waals surface area contributed by atoms with Crippen molar-refractivity contribution in [2.45, 2.75) is 32.0 Å². The minimum atomic E-state index is -4.12. The predicted octanol–water partition coefficient (Wildman–Crippen LogP) is 1.75. The van der Waals surface area contributed by atoms with Crippen LogP contribution in [-0.2, 0) is 0 Å². The topological polar surface area (TPSA) is 42.9 Å². The van der Waals surface area contributed by atoms with Crippen molar-refractivity contribution in [3.8, 4) is 0 Å². The summed E-state index contributed by atoms with van der Waals surface area (Å²) in [4.78, 5) is 8.37. The number of halogens is 4. The van der Waals surface area contributed by atoms with Crippen molar-refractivity contribution in [1.82, 2.24) is 20.4 Å². The molecule has 9 heteroatoms. The third-order valence-electron chi connectivity index (χ3n) is 4.36. The molecule has 142 valence electrons. The maximum absolute atomic E-state index is 12.4. The highest BCUT2D eigenvalue weighted by Gasteiger charge is 2.34. The van der Waals surface area contributed by atoms with E-state index in [9.17, 15) is 13.2 Å². The van der Waals surface area contributed by atoms with Gasteiger partial charge in [0.2, 0.25) is 0 Å². The lowest BCUT2D eigenvalue weighted by Crippen LogP contribution is -2.45. The fraction of sp³-hybridized carbons (Fsp3) is 0.933. The molecule has 2 heterocycles. The third kappa shape index (κ3) is 7.73. The molecule has 0 saturated carbocycles. The first-order valence-electron chi connectivity index (χ1n) is 8.38. The van der Waals surface area contributed by atoms with Crippen LogP contribution in [0.5, 0.6) is 0 Å². The van der Waals surface area contributed by atoms with E-state index in [0.29, 0.717) is 25.4 Å². The largest absolute Gasteiger partial charge is 0.401 e. The van der Waals surface area contributed by atoms with E-state index in [1.807, 2.05) is 6.92 Å². The van der Waals surface area contributed by atoms with Gasteiger partial charge in [0.15, 0.2) is 5.96 Å². The Morgan fingerprint density at radius 1 is 1.21 bits per heavy atom. The van der Waals surface area contributed by atoms with Gasteiger partial charge in [-0.15, -0.1) is 24.0 Å². The Morgan fingerprint density at radius 2 is 1.96 bits per heavy atom. The molecule has 5 nitrogen and oxygen atoms in total. The summed E-state index contributed by atoms with van der Waals surface area (Å²) in [6.45, 7) is 5.73. The molecule has 0 aromatic carbocycles. The van der Waals surface area contributed by atoms with Crippen molar-refractivity contribution in [3.05, 3.63) is 0 Å². The molecule has 2 atom stereocenters. The van der Waals surface area contributed by atoms with Crippen LogP contribution in [0.25, 0.3) is 0 Å². The van der Waals surface area contributed by atoms with Gasteiger partial charge in [-0.25, -0.2) is 0 Å². The van der Waals surface area contributed by atoms with E-state index in [1.165, 1.54) is 4.90 Å². The van der Waals surface area contributed by atoms with E-state index in [1.54, 1.807) is 0 Å². The highest BCUT2D eigenvalue weighted by atomic mass is 127. The summed E-state index contributed by atoms with van der Waals surface area (Å²) >= 11 is 0. The molecule has 0 spiro atoms. The van der Waals surface area contributed by atoms with Gasteiger partial charge >= 0.3 is 6.18 Å². The number of rotatable bonds is 5. The zero-order valence-electron chi connectivity index (χ0n) is 14.4. The normalized spacial score (nSPS) is 26.5. The van der Waals surface area contributed by atoms with Crippen LogP contribution in [0, 0.1) is 5.92 Å². The van der Waals surface area contributed by atoms with Gasteiger partial charge in [-0.3, -0.25) is 9.89 Å². The van der Waals surface area contributed by atoms with Crippen molar-refractivity contribution in [2.75, 3.05) is 52.9 Å². The standard InChI is InChI=1S/C15H28F3N5.HI/c1-3-19-14(20-8-12-4-6-22(2)9-12)21-13-5-7-23(10-13)11-15(16,17)18;/h12-13H,3-11H2,1-2H3,(H2,19,20,21);1H. The lowest BCUT2D eigenvalue weighted by molar-refractivity contribution is -0.143. The molecule has 0 amide bonds. The van der Waals surface area contributed by atoms with Crippen LogP contribution in [0.2, 0.25) is 0 Å². The molecule has 2 saturated heterocycles. The Balaban J connectivity index is 0.00000288. The molecule has 2 aliphatic rings. The Hall–Kier alpha value is -0.290. The summed E-state index contributed by atoms with van der Waals surface area (Å²) in [7, 11) is 2.11. The van der Waals surface area contributed by atoms with E-state index in [4.69, 9.17) is 0 Å². The van der Waals surface area contributed by atoms with E-state index in [0.717, 1.165) is 38.6 Å². The molecule has 0 radical (unpaired) electrons. The van der Waals surface area contributed by atoms with Crippen molar-refractivity contribution in [2.24, 2.45) is 10.9 Å². The predicted molar refractivity (Wildman–Crippen MR) is 101 cm³/mol. The molecule has 2 fully saturated rings. The van der Waals surface area contributed by atoms with Crippen molar-refractivity contribution >= 4 is 29.9 Å². The number of nitrogens with zero attached hydrogens (tertiary/aromatic N) is 3. The molecule has 0 aliphatic carbocycles. The Labute approximate surface area is 159 Å². The van der Waals surface area contributed by atoms with E-state index in [-0.39, 0.29) is 30.0 Å². The second-order valence-electron chi connectivity index (χ2n) is 6.62. The summed E-state index contributed by atoms with van der Waals surface area (Å²) in [5, 5.41) is 6.48.